The largest absolute Gasteiger partial charge is 0.300 e. The zero-order valence-corrected chi connectivity index (χ0v) is 8.52. The summed E-state index contributed by atoms with van der Waals surface area (Å²) in [5, 5.41) is 0. The summed E-state index contributed by atoms with van der Waals surface area (Å²) in [6.07, 6.45) is 3.30. The van der Waals surface area contributed by atoms with Gasteiger partial charge in [-0.1, -0.05) is 31.4 Å². The van der Waals surface area contributed by atoms with Crippen LogP contribution in [0.15, 0.2) is 11.6 Å². The standard InChI is InChI=1S/C12H22O/c1-4-5-6-8-11(2)9-7-10-12(3)13/h9H,4-8,10H2,1-3H3/b11-9+/i3D3,10D2. The third-order valence-corrected chi connectivity index (χ3v) is 1.89. The van der Waals surface area contributed by atoms with E-state index >= 15 is 0 Å². The predicted octanol–water partition coefficient (Wildman–Crippen LogP) is 3.88. The Hall–Kier alpha value is -0.590. The molecule has 1 nitrogen and oxygen atoms in total. The Morgan fingerprint density at radius 3 is 2.92 bits per heavy atom. The van der Waals surface area contributed by atoms with Gasteiger partial charge in [0.05, 0.1) is 0 Å². The average Bonchev–Trinajstić information content (AvgIpc) is 2.24. The van der Waals surface area contributed by atoms with E-state index in [1.54, 1.807) is 6.08 Å². The molecule has 0 amide bonds. The molecule has 0 aliphatic carbocycles. The first-order chi connectivity index (χ1) is 8.11. The topological polar surface area (TPSA) is 17.1 Å². The maximum atomic E-state index is 11.4. The Morgan fingerprint density at radius 1 is 1.54 bits per heavy atom. The molecule has 0 spiro atoms. The van der Waals surface area contributed by atoms with Crippen LogP contribution in [0.25, 0.3) is 0 Å². The molecule has 0 bridgehead atoms. The van der Waals surface area contributed by atoms with Crippen molar-refractivity contribution in [1.29, 1.82) is 0 Å². The zero-order chi connectivity index (χ0) is 14.4. The van der Waals surface area contributed by atoms with Crippen LogP contribution < -0.4 is 0 Å². The van der Waals surface area contributed by atoms with Crippen molar-refractivity contribution in [3.63, 3.8) is 0 Å². The van der Waals surface area contributed by atoms with E-state index < -0.39 is 19.0 Å². The molecule has 0 atom stereocenters. The van der Waals surface area contributed by atoms with Crippen LogP contribution in [0.2, 0.25) is 0 Å². The molecule has 0 unspecified atom stereocenters. The van der Waals surface area contributed by atoms with E-state index in [1.807, 2.05) is 6.92 Å². The fourth-order valence-corrected chi connectivity index (χ4v) is 1.07. The average molecular weight is 187 g/mol. The molecule has 0 aliphatic rings. The van der Waals surface area contributed by atoms with Crippen LogP contribution in [0, 0.1) is 0 Å². The van der Waals surface area contributed by atoms with E-state index in [9.17, 15) is 4.79 Å². The quantitative estimate of drug-likeness (QED) is 0.436. The molecule has 0 fully saturated rings. The number of carbonyl (C=O) groups excluding carboxylic acids is 1. The van der Waals surface area contributed by atoms with Crippen molar-refractivity contribution >= 4 is 5.78 Å². The van der Waals surface area contributed by atoms with Crippen LogP contribution in [0.5, 0.6) is 0 Å². The summed E-state index contributed by atoms with van der Waals surface area (Å²) in [6, 6.07) is 0. The molecule has 0 N–H and O–H groups in total. The van der Waals surface area contributed by atoms with Gasteiger partial charge in [-0.2, -0.15) is 0 Å². The van der Waals surface area contributed by atoms with Crippen LogP contribution in [-0.2, 0) is 4.79 Å². The van der Waals surface area contributed by atoms with Crippen LogP contribution in [-0.4, -0.2) is 5.78 Å². The molecule has 0 heterocycles. The maximum absolute atomic E-state index is 11.4. The summed E-state index contributed by atoms with van der Waals surface area (Å²) >= 11 is 0. The molecule has 0 saturated carbocycles. The number of hydrogen-bond acceptors (Lipinski definition) is 1. The van der Waals surface area contributed by atoms with E-state index in [4.69, 9.17) is 6.85 Å². The van der Waals surface area contributed by atoms with Crippen molar-refractivity contribution in [3.8, 4) is 0 Å². The van der Waals surface area contributed by atoms with Crippen LogP contribution >= 0.6 is 0 Å². The van der Waals surface area contributed by atoms with Crippen molar-refractivity contribution in [2.45, 2.75) is 59.2 Å². The monoisotopic (exact) mass is 187 g/mol. The van der Waals surface area contributed by atoms with Crippen molar-refractivity contribution in [2.75, 3.05) is 0 Å². The molecule has 0 aromatic rings. The molecule has 13 heavy (non-hydrogen) atoms. The molecular formula is C12H22O. The third kappa shape index (κ3) is 9.32. The fourth-order valence-electron chi connectivity index (χ4n) is 1.07. The maximum Gasteiger partial charge on any atom is 0.130 e. The second kappa shape index (κ2) is 8.03. The van der Waals surface area contributed by atoms with Crippen LogP contribution in [0.1, 0.15) is 66.0 Å². The first-order valence-electron chi connectivity index (χ1n) is 7.32. The van der Waals surface area contributed by atoms with Gasteiger partial charge in [0.2, 0.25) is 0 Å². The Kier molecular flexibility index (Phi) is 3.71. The minimum Gasteiger partial charge on any atom is -0.300 e. The second-order valence-electron chi connectivity index (χ2n) is 3.22. The summed E-state index contributed by atoms with van der Waals surface area (Å²) in [5.41, 5.74) is 1.01. The Balaban J connectivity index is 4.41. The SMILES string of the molecule is [2H]C([2H])([2H])C(=O)C([2H])([2H])C/C=C(\C)CCCCC. The number of carbonyl (C=O) groups is 1. The van der Waals surface area contributed by atoms with Gasteiger partial charge >= 0.3 is 0 Å². The molecule has 0 aliphatic heterocycles. The lowest BCUT2D eigenvalue weighted by molar-refractivity contribution is -0.116. The minimum absolute atomic E-state index is 0.165. The van der Waals surface area contributed by atoms with Crippen molar-refractivity contribution in [3.05, 3.63) is 11.6 Å². The third-order valence-electron chi connectivity index (χ3n) is 1.89. The number of hydrogen-bond donors (Lipinski definition) is 0. The zero-order valence-electron chi connectivity index (χ0n) is 13.5. The first kappa shape index (κ1) is 6.00. The fraction of sp³-hybridized carbons (Fsp3) is 0.750. The highest BCUT2D eigenvalue weighted by Gasteiger charge is 1.92. The lowest BCUT2D eigenvalue weighted by atomic mass is 10.1. The van der Waals surface area contributed by atoms with Crippen molar-refractivity contribution < 1.29 is 11.6 Å². The molecule has 0 aromatic carbocycles. The molecular weight excluding hydrogens is 160 g/mol. The molecule has 76 valence electrons. The highest BCUT2D eigenvalue weighted by Crippen LogP contribution is 2.09. The number of ketones is 1. The van der Waals surface area contributed by atoms with E-state index in [0.717, 1.165) is 31.3 Å². The summed E-state index contributed by atoms with van der Waals surface area (Å²) in [6.45, 7) is 1.12. The molecule has 1 heteroatoms. The lowest BCUT2D eigenvalue weighted by Crippen LogP contribution is -1.87. The highest BCUT2D eigenvalue weighted by molar-refractivity contribution is 5.75. The van der Waals surface area contributed by atoms with Gasteiger partial charge in [0.1, 0.15) is 5.78 Å². The van der Waals surface area contributed by atoms with Gasteiger partial charge in [-0.15, -0.1) is 0 Å². The summed E-state index contributed by atoms with van der Waals surface area (Å²) in [5.74, 6) is -1.31. The van der Waals surface area contributed by atoms with Crippen molar-refractivity contribution in [2.24, 2.45) is 0 Å². The normalized spacial score (nSPS) is 19.5. The molecule has 0 rings (SSSR count). The molecule has 0 radical (unpaired) electrons. The number of unbranched alkanes of at least 4 members (excludes halogenated alkanes) is 2. The number of allylic oxidation sites excluding steroid dienone is 2. The van der Waals surface area contributed by atoms with E-state index in [-0.39, 0.29) is 6.42 Å². The molecule has 0 saturated heterocycles. The first-order valence-corrected chi connectivity index (χ1v) is 4.82. The number of Topliss-reactive ketones (excluding diaryl/α,β-unsaturated/α-hetero) is 1. The molecule has 0 aromatic heterocycles. The van der Waals surface area contributed by atoms with Gasteiger partial charge in [0.25, 0.3) is 0 Å². The van der Waals surface area contributed by atoms with Crippen LogP contribution in [0.4, 0.5) is 0 Å². The Labute approximate surface area is 89.3 Å². The van der Waals surface area contributed by atoms with Gasteiger partial charge in [0.15, 0.2) is 0 Å². The van der Waals surface area contributed by atoms with Gasteiger partial charge in [0, 0.05) is 13.2 Å². The van der Waals surface area contributed by atoms with Gasteiger partial charge in [-0.05, 0) is 33.0 Å². The second-order valence-corrected chi connectivity index (χ2v) is 3.22. The smallest absolute Gasteiger partial charge is 0.130 e. The predicted molar refractivity (Wildman–Crippen MR) is 57.8 cm³/mol. The lowest BCUT2D eigenvalue weighted by Gasteiger charge is -1.99. The van der Waals surface area contributed by atoms with Gasteiger partial charge in [-0.25, -0.2) is 0 Å². The summed E-state index contributed by atoms with van der Waals surface area (Å²) < 4.78 is 35.8. The highest BCUT2D eigenvalue weighted by atomic mass is 16.1. The van der Waals surface area contributed by atoms with Gasteiger partial charge in [-0.3, -0.25) is 0 Å². The summed E-state index contributed by atoms with van der Waals surface area (Å²) in [4.78, 5) is 11.4. The van der Waals surface area contributed by atoms with Crippen LogP contribution in [0.3, 0.4) is 0 Å². The van der Waals surface area contributed by atoms with Gasteiger partial charge < -0.3 is 4.79 Å². The van der Waals surface area contributed by atoms with E-state index in [0.29, 0.717) is 0 Å². The minimum atomic E-state index is -2.87. The van der Waals surface area contributed by atoms with E-state index in [2.05, 4.69) is 6.92 Å². The Bertz CT molecular complexity index is 304. The Morgan fingerprint density at radius 2 is 2.31 bits per heavy atom. The van der Waals surface area contributed by atoms with E-state index in [1.165, 1.54) is 0 Å². The summed E-state index contributed by atoms with van der Waals surface area (Å²) in [7, 11) is 0. The van der Waals surface area contributed by atoms with Crippen molar-refractivity contribution in [1.82, 2.24) is 0 Å². The number of rotatable bonds is 7.